The minimum atomic E-state index is -0.826. The van der Waals surface area contributed by atoms with Crippen LogP contribution in [-0.2, 0) is 27.3 Å². The molecule has 4 unspecified atom stereocenters. The number of fused-ring (bicyclic) bond motifs is 3. The zero-order valence-corrected chi connectivity index (χ0v) is 30.2. The quantitative estimate of drug-likeness (QED) is 0.181. The summed E-state index contributed by atoms with van der Waals surface area (Å²) in [5.41, 5.74) is 2.78. The van der Waals surface area contributed by atoms with E-state index in [0.717, 1.165) is 39.7 Å². The molecule has 4 atom stereocenters. The maximum absolute atomic E-state index is 4.93. The number of hydrogen-bond acceptors (Lipinski definition) is 0. The fourth-order valence-corrected chi connectivity index (χ4v) is 9.02. The van der Waals surface area contributed by atoms with Gasteiger partial charge < -0.3 is 14.9 Å². The van der Waals surface area contributed by atoms with Gasteiger partial charge in [0, 0.05) is 20.6 Å². The van der Waals surface area contributed by atoms with Crippen LogP contribution in [0.25, 0.3) is 6.08 Å². The van der Waals surface area contributed by atoms with Crippen LogP contribution in [-0.4, -0.2) is 9.65 Å². The van der Waals surface area contributed by atoms with Crippen LogP contribution in [0, 0.1) is 38.5 Å². The molecule has 0 aliphatic heterocycles. The molecule has 0 radical (unpaired) electrons. The van der Waals surface area contributed by atoms with Crippen LogP contribution < -0.4 is 0 Å². The molecule has 0 heterocycles. The van der Waals surface area contributed by atoms with Crippen molar-refractivity contribution in [2.75, 3.05) is 0 Å². The van der Waals surface area contributed by atoms with Gasteiger partial charge in [-0.3, -0.25) is 0 Å². The molecule has 5 aliphatic carbocycles. The van der Waals surface area contributed by atoms with Crippen molar-refractivity contribution in [3.8, 4) is 0 Å². The van der Waals surface area contributed by atoms with Crippen molar-refractivity contribution in [3.63, 3.8) is 0 Å². The van der Waals surface area contributed by atoms with Crippen LogP contribution in [0.4, 0.5) is 0 Å². The number of allylic oxidation sites excluding steroid dienone is 1. The third kappa shape index (κ3) is 11.9. The first-order chi connectivity index (χ1) is 16.0. The summed E-state index contributed by atoms with van der Waals surface area (Å²) in [6.07, 6.45) is 21.2. The molecule has 0 spiro atoms. The Morgan fingerprint density at radius 1 is 0.686 bits per heavy atom. The normalized spacial score (nSPS) is 31.4. The first kappa shape index (κ1) is 34.9. The molecule has 5 aliphatic rings. The van der Waals surface area contributed by atoms with E-state index >= 15 is 0 Å². The van der Waals surface area contributed by atoms with E-state index in [1.165, 1.54) is 92.7 Å². The Labute approximate surface area is 260 Å². The van der Waals surface area contributed by atoms with E-state index in [1.54, 1.807) is 0 Å². The Kier molecular flexibility index (Phi) is 19.0. The minimum absolute atomic E-state index is 0. The van der Waals surface area contributed by atoms with Crippen molar-refractivity contribution in [1.29, 1.82) is 0 Å². The van der Waals surface area contributed by atoms with E-state index in [0.29, 0.717) is 0 Å². The van der Waals surface area contributed by atoms with Gasteiger partial charge >= 0.3 is 37.9 Å². The van der Waals surface area contributed by atoms with Crippen LogP contribution >= 0.6 is 64.8 Å². The molecular formula is C29H43Br3Cl2Zr. The van der Waals surface area contributed by atoms with Crippen molar-refractivity contribution in [2.24, 2.45) is 23.7 Å². The molecule has 0 saturated heterocycles. The Morgan fingerprint density at radius 2 is 1.06 bits per heavy atom. The van der Waals surface area contributed by atoms with E-state index in [2.05, 4.69) is 78.1 Å². The second-order valence-electron chi connectivity index (χ2n) is 10.3. The van der Waals surface area contributed by atoms with E-state index in [4.69, 9.17) is 17.0 Å². The van der Waals surface area contributed by atoms with Crippen LogP contribution in [0.5, 0.6) is 0 Å². The first-order valence-electron chi connectivity index (χ1n) is 12.7. The van der Waals surface area contributed by atoms with Gasteiger partial charge in [0.2, 0.25) is 0 Å². The van der Waals surface area contributed by atoms with Crippen LogP contribution in [0.3, 0.4) is 0 Å². The van der Waals surface area contributed by atoms with Crippen molar-refractivity contribution >= 4 is 70.9 Å². The predicted octanol–water partition coefficient (Wildman–Crippen LogP) is 12.0. The summed E-state index contributed by atoms with van der Waals surface area (Å²) >= 11 is 10.1. The van der Waals surface area contributed by atoms with Gasteiger partial charge in [-0.2, -0.15) is 0 Å². The molecule has 6 rings (SSSR count). The number of alkyl halides is 2. The van der Waals surface area contributed by atoms with E-state index < -0.39 is 20.8 Å². The summed E-state index contributed by atoms with van der Waals surface area (Å²) in [7, 11) is 9.87. The zero-order valence-electron chi connectivity index (χ0n) is 21.4. The van der Waals surface area contributed by atoms with Gasteiger partial charge in [-0.05, 0) is 66.6 Å². The second-order valence-corrected chi connectivity index (χ2v) is 17.6. The van der Waals surface area contributed by atoms with E-state index in [9.17, 15) is 0 Å². The Balaban J connectivity index is 0.000000242. The van der Waals surface area contributed by atoms with Gasteiger partial charge in [0.25, 0.3) is 0 Å². The standard InChI is InChI=1S/2C9H15Br.C9H7Br.2CH3.2ClH.Zr/c3*10-9-5-7-3-1-2-4-8(7)6-9;;;;;/h2*7-9H,1-6H2;1-5H,6H2;2*1H3;2*1H;/q;;;2*-1;;;+4/p-2. The molecular weight excluding hydrogens is 750 g/mol. The van der Waals surface area contributed by atoms with Gasteiger partial charge in [0.1, 0.15) is 0 Å². The van der Waals surface area contributed by atoms with Gasteiger partial charge in [-0.1, -0.05) is 123 Å². The SMILES string of the molecule is BrC1=Cc2ccccc2C1.BrC1CC2CCCCC2C1.BrC1CC2CCCCC2C1.[CH3-].[CH3-].[Cl][Zr+2][Cl]. The Morgan fingerprint density at radius 3 is 1.43 bits per heavy atom. The average molecular weight is 794 g/mol. The number of benzene rings is 1. The maximum atomic E-state index is 4.93. The molecule has 0 N–H and O–H groups in total. The molecule has 1 aromatic rings. The summed E-state index contributed by atoms with van der Waals surface area (Å²) in [5, 5.41) is 0. The van der Waals surface area contributed by atoms with Gasteiger partial charge in [0.15, 0.2) is 0 Å². The van der Waals surface area contributed by atoms with Crippen molar-refractivity contribution in [2.45, 2.75) is 93.1 Å². The van der Waals surface area contributed by atoms with Crippen LogP contribution in [0.2, 0.25) is 0 Å². The zero-order chi connectivity index (χ0) is 23.6. The summed E-state index contributed by atoms with van der Waals surface area (Å²) < 4.78 is 1.29. The van der Waals surface area contributed by atoms with E-state index in [1.807, 2.05) is 0 Å². The van der Waals surface area contributed by atoms with E-state index in [-0.39, 0.29) is 14.9 Å². The summed E-state index contributed by atoms with van der Waals surface area (Å²) in [6, 6.07) is 8.46. The summed E-state index contributed by atoms with van der Waals surface area (Å²) in [5.74, 6) is 4.38. The number of halogens is 5. The van der Waals surface area contributed by atoms with Crippen molar-refractivity contribution in [1.82, 2.24) is 0 Å². The Bertz CT molecular complexity index is 686. The fraction of sp³-hybridized carbons (Fsp3) is 0.655. The summed E-state index contributed by atoms with van der Waals surface area (Å²) in [4.78, 5) is 1.72. The van der Waals surface area contributed by atoms with Crippen LogP contribution in [0.1, 0.15) is 88.2 Å². The predicted molar refractivity (Wildman–Crippen MR) is 166 cm³/mol. The molecule has 198 valence electrons. The molecule has 4 saturated carbocycles. The number of hydrogen-bond donors (Lipinski definition) is 0. The monoisotopic (exact) mass is 788 g/mol. The molecule has 0 amide bonds. The van der Waals surface area contributed by atoms with Crippen LogP contribution in [0.15, 0.2) is 28.7 Å². The van der Waals surface area contributed by atoms with Crippen molar-refractivity contribution < 1.29 is 20.8 Å². The number of rotatable bonds is 0. The molecule has 0 bridgehead atoms. The van der Waals surface area contributed by atoms with Crippen molar-refractivity contribution in [3.05, 3.63) is 54.7 Å². The molecule has 1 aromatic carbocycles. The molecule has 35 heavy (non-hydrogen) atoms. The first-order valence-corrected chi connectivity index (χ1v) is 21.6. The molecule has 0 aromatic heterocycles. The summed E-state index contributed by atoms with van der Waals surface area (Å²) in [6.45, 7) is 0. The topological polar surface area (TPSA) is 0 Å². The van der Waals surface area contributed by atoms with Gasteiger partial charge in [-0.25, -0.2) is 0 Å². The second kappa shape index (κ2) is 19.0. The molecule has 0 nitrogen and oxygen atoms in total. The average Bonchev–Trinajstić information content (AvgIpc) is 3.48. The fourth-order valence-electron chi connectivity index (χ4n) is 6.55. The Hall–Kier alpha value is 1.86. The molecule has 6 heteroatoms. The third-order valence-corrected chi connectivity index (χ3v) is 10.1. The third-order valence-electron chi connectivity index (χ3n) is 8.09. The molecule has 4 fully saturated rings. The van der Waals surface area contributed by atoms with Gasteiger partial charge in [-0.15, -0.1) is 0 Å². The van der Waals surface area contributed by atoms with Gasteiger partial charge in [0.05, 0.1) is 0 Å².